The second kappa shape index (κ2) is 7.17. The minimum atomic E-state index is -4.76. The van der Waals surface area contributed by atoms with Crippen molar-refractivity contribution in [3.63, 3.8) is 0 Å². The van der Waals surface area contributed by atoms with Crippen molar-refractivity contribution in [1.29, 1.82) is 0 Å². The second-order valence-electron chi connectivity index (χ2n) is 5.74. The fourth-order valence-corrected chi connectivity index (χ4v) is 3.61. The monoisotopic (exact) mass is 376 g/mol. The van der Waals surface area contributed by atoms with Crippen LogP contribution in [0.4, 0.5) is 13.2 Å². The summed E-state index contributed by atoms with van der Waals surface area (Å²) in [5.74, 6) is 0. The fourth-order valence-electron chi connectivity index (χ4n) is 2.51. The average Bonchev–Trinajstić information content (AvgIpc) is 2.53. The number of nitrogens with zero attached hydrogens (tertiary/aromatic N) is 1. The molecule has 1 aromatic heterocycles. The van der Waals surface area contributed by atoms with Gasteiger partial charge in [-0.25, -0.2) is 13.1 Å². The minimum Gasteiger partial charge on any atom is -0.311 e. The minimum absolute atomic E-state index is 0.0183. The van der Waals surface area contributed by atoms with Crippen LogP contribution in [0.25, 0.3) is 10.9 Å². The first kappa shape index (κ1) is 19.5. The summed E-state index contributed by atoms with van der Waals surface area (Å²) in [4.78, 5) is 11.5. The Hall–Kier alpha value is -1.87. The van der Waals surface area contributed by atoms with Crippen LogP contribution in [0.15, 0.2) is 34.0 Å². The highest BCUT2D eigenvalue weighted by Gasteiger charge is 2.34. The van der Waals surface area contributed by atoms with E-state index in [2.05, 4.69) is 4.72 Å². The third kappa shape index (κ3) is 4.21. The highest BCUT2D eigenvalue weighted by atomic mass is 32.2. The molecule has 0 atom stereocenters. The van der Waals surface area contributed by atoms with Crippen LogP contribution >= 0.6 is 0 Å². The van der Waals surface area contributed by atoms with Crippen molar-refractivity contribution < 1.29 is 21.6 Å². The Morgan fingerprint density at radius 3 is 2.44 bits per heavy atom. The van der Waals surface area contributed by atoms with Crippen LogP contribution in [0.3, 0.4) is 0 Å². The van der Waals surface area contributed by atoms with Gasteiger partial charge < -0.3 is 4.57 Å². The molecule has 5 nitrogen and oxygen atoms in total. The number of pyridine rings is 1. The van der Waals surface area contributed by atoms with Crippen LogP contribution in [0.5, 0.6) is 0 Å². The lowest BCUT2D eigenvalue weighted by Gasteiger charge is -2.14. The fraction of sp³-hybridized carbons (Fsp3) is 0.438. The lowest BCUT2D eigenvalue weighted by molar-refractivity contribution is -0.136. The molecule has 0 radical (unpaired) electrons. The number of aromatic nitrogens is 1. The zero-order valence-electron chi connectivity index (χ0n) is 13.9. The number of rotatable bonds is 6. The summed E-state index contributed by atoms with van der Waals surface area (Å²) in [6.45, 7) is 2.19. The summed E-state index contributed by atoms with van der Waals surface area (Å²) in [6, 6.07) is 3.85. The topological polar surface area (TPSA) is 68.2 Å². The average molecular weight is 376 g/mol. The Morgan fingerprint density at radius 1 is 1.16 bits per heavy atom. The maximum absolute atomic E-state index is 13.2. The number of hydrogen-bond acceptors (Lipinski definition) is 3. The largest absolute Gasteiger partial charge is 0.417 e. The van der Waals surface area contributed by atoms with Gasteiger partial charge in [0.15, 0.2) is 0 Å². The van der Waals surface area contributed by atoms with E-state index in [1.54, 1.807) is 0 Å². The lowest BCUT2D eigenvalue weighted by atomic mass is 10.1. The van der Waals surface area contributed by atoms with Gasteiger partial charge in [0.1, 0.15) is 0 Å². The van der Waals surface area contributed by atoms with E-state index < -0.39 is 27.3 Å². The molecule has 0 spiro atoms. The Labute approximate surface area is 143 Å². The van der Waals surface area contributed by atoms with Gasteiger partial charge in [0.2, 0.25) is 10.0 Å². The van der Waals surface area contributed by atoms with Gasteiger partial charge in [0.05, 0.1) is 16.0 Å². The van der Waals surface area contributed by atoms with Crippen LogP contribution in [-0.4, -0.2) is 19.5 Å². The van der Waals surface area contributed by atoms with E-state index in [0.29, 0.717) is 12.5 Å². The molecule has 0 aliphatic carbocycles. The number of benzene rings is 1. The molecule has 0 aliphatic rings. The number of unbranched alkanes of at least 4 members (excludes halogenated alkanes) is 2. The van der Waals surface area contributed by atoms with Gasteiger partial charge in [-0.3, -0.25) is 4.79 Å². The van der Waals surface area contributed by atoms with E-state index >= 15 is 0 Å². The van der Waals surface area contributed by atoms with Crippen molar-refractivity contribution in [2.45, 2.75) is 37.3 Å². The van der Waals surface area contributed by atoms with Crippen molar-refractivity contribution in [1.82, 2.24) is 9.29 Å². The number of sulfonamides is 1. The molecular formula is C16H19F3N2O3S. The zero-order valence-corrected chi connectivity index (χ0v) is 14.7. The molecule has 0 saturated heterocycles. The predicted molar refractivity (Wildman–Crippen MR) is 88.9 cm³/mol. The third-order valence-electron chi connectivity index (χ3n) is 3.91. The van der Waals surface area contributed by atoms with Crippen LogP contribution in [0, 0.1) is 0 Å². The first-order valence-electron chi connectivity index (χ1n) is 7.78. The Balaban J connectivity index is 2.55. The molecule has 138 valence electrons. The molecule has 2 aromatic rings. The molecular weight excluding hydrogens is 357 g/mol. The van der Waals surface area contributed by atoms with E-state index in [-0.39, 0.29) is 22.3 Å². The van der Waals surface area contributed by atoms with Crippen molar-refractivity contribution in [2.24, 2.45) is 7.05 Å². The van der Waals surface area contributed by atoms with Crippen molar-refractivity contribution in [2.75, 3.05) is 6.54 Å². The highest BCUT2D eigenvalue weighted by Crippen LogP contribution is 2.34. The number of nitrogens with one attached hydrogen (secondary N) is 1. The zero-order chi connectivity index (χ0) is 18.8. The molecule has 0 amide bonds. The lowest BCUT2D eigenvalue weighted by Crippen LogP contribution is -2.25. The van der Waals surface area contributed by atoms with Crippen molar-refractivity contribution in [3.8, 4) is 0 Å². The number of hydrogen-bond donors (Lipinski definition) is 1. The number of halogens is 3. The summed E-state index contributed by atoms with van der Waals surface area (Å²) < 4.78 is 67.7. The van der Waals surface area contributed by atoms with E-state index in [9.17, 15) is 26.4 Å². The SMILES string of the molecule is CCCCCNS(=O)(=O)c1ccc2c(c1)c(C(F)(F)F)cc(=O)n2C. The molecule has 2 rings (SSSR count). The van der Waals surface area contributed by atoms with Gasteiger partial charge in [-0.15, -0.1) is 0 Å². The first-order valence-corrected chi connectivity index (χ1v) is 9.27. The second-order valence-corrected chi connectivity index (χ2v) is 7.50. The summed E-state index contributed by atoms with van der Waals surface area (Å²) in [6.07, 6.45) is -2.35. The van der Waals surface area contributed by atoms with E-state index in [1.807, 2.05) is 6.92 Å². The molecule has 1 aromatic carbocycles. The maximum Gasteiger partial charge on any atom is 0.417 e. The third-order valence-corrected chi connectivity index (χ3v) is 5.36. The molecule has 9 heteroatoms. The molecule has 25 heavy (non-hydrogen) atoms. The number of fused-ring (bicyclic) bond motifs is 1. The van der Waals surface area contributed by atoms with Gasteiger partial charge in [-0.05, 0) is 24.6 Å². The molecule has 0 fully saturated rings. The Morgan fingerprint density at radius 2 is 1.84 bits per heavy atom. The van der Waals surface area contributed by atoms with Crippen LogP contribution < -0.4 is 10.3 Å². The smallest absolute Gasteiger partial charge is 0.311 e. The summed E-state index contributed by atoms with van der Waals surface area (Å²) in [5.41, 5.74) is -1.94. The molecule has 0 saturated carbocycles. The van der Waals surface area contributed by atoms with Gasteiger partial charge in [-0.2, -0.15) is 13.2 Å². The summed E-state index contributed by atoms with van der Waals surface area (Å²) >= 11 is 0. The number of alkyl halides is 3. The standard InChI is InChI=1S/C16H19F3N2O3S/c1-3-4-5-8-20-25(23,24)11-6-7-14-12(9-11)13(16(17,18)19)10-15(22)21(14)2/h6-7,9-10,20H,3-5,8H2,1-2H3. The normalized spacial score (nSPS) is 12.7. The van der Waals surface area contributed by atoms with Crippen LogP contribution in [-0.2, 0) is 23.2 Å². The number of aryl methyl sites for hydroxylation is 1. The summed E-state index contributed by atoms with van der Waals surface area (Å²) in [7, 11) is -2.59. The Kier molecular flexibility index (Phi) is 5.58. The quantitative estimate of drug-likeness (QED) is 0.788. The van der Waals surface area contributed by atoms with Gasteiger partial charge in [0, 0.05) is 25.0 Å². The highest BCUT2D eigenvalue weighted by molar-refractivity contribution is 7.89. The maximum atomic E-state index is 13.2. The molecule has 0 aliphatic heterocycles. The molecule has 0 bridgehead atoms. The summed E-state index contributed by atoms with van der Waals surface area (Å²) in [5, 5.41) is -0.328. The van der Waals surface area contributed by atoms with E-state index in [0.717, 1.165) is 23.5 Å². The van der Waals surface area contributed by atoms with Gasteiger partial charge >= 0.3 is 6.18 Å². The molecule has 1 heterocycles. The van der Waals surface area contributed by atoms with Crippen LogP contribution in [0.1, 0.15) is 31.7 Å². The Bertz CT molecular complexity index is 934. The van der Waals surface area contributed by atoms with Crippen molar-refractivity contribution >= 4 is 20.9 Å². The molecule has 0 unspecified atom stereocenters. The van der Waals surface area contributed by atoms with Crippen LogP contribution in [0.2, 0.25) is 0 Å². The van der Waals surface area contributed by atoms with Gasteiger partial charge in [0.25, 0.3) is 5.56 Å². The first-order chi connectivity index (χ1) is 11.6. The van der Waals surface area contributed by atoms with Gasteiger partial charge in [-0.1, -0.05) is 19.8 Å². The van der Waals surface area contributed by atoms with E-state index in [4.69, 9.17) is 0 Å². The van der Waals surface area contributed by atoms with Crippen molar-refractivity contribution in [3.05, 3.63) is 40.2 Å². The predicted octanol–water partition coefficient (Wildman–Crippen LogP) is 3.03. The molecule has 1 N–H and O–H groups in total. The van der Waals surface area contributed by atoms with E-state index in [1.165, 1.54) is 19.2 Å².